The molecule has 0 aromatic heterocycles. The molecule has 0 saturated carbocycles. The number of nitrogen functional groups attached to an aromatic ring is 1. The fourth-order valence-electron chi connectivity index (χ4n) is 1.73. The monoisotopic (exact) mass is 318 g/mol. The van der Waals surface area contributed by atoms with Crippen LogP contribution in [0.4, 0.5) is 11.4 Å². The van der Waals surface area contributed by atoms with Crippen molar-refractivity contribution < 1.29 is 4.74 Å². The molecule has 3 N–H and O–H groups in total. The number of rotatable bonds is 2. The minimum absolute atomic E-state index is 0.501. The van der Waals surface area contributed by atoms with Gasteiger partial charge in [-0.05, 0) is 53.6 Å². The van der Waals surface area contributed by atoms with Gasteiger partial charge in [0.1, 0.15) is 0 Å². The van der Waals surface area contributed by atoms with E-state index in [2.05, 4.69) is 34.0 Å². The van der Waals surface area contributed by atoms with Crippen molar-refractivity contribution in [3.05, 3.63) is 21.8 Å². The molecule has 1 aliphatic heterocycles. The highest BCUT2D eigenvalue weighted by Crippen LogP contribution is 2.23. The number of hydrogen-bond acceptors (Lipinski definition) is 3. The first-order valence-corrected chi connectivity index (χ1v) is 6.23. The van der Waals surface area contributed by atoms with Gasteiger partial charge in [0.25, 0.3) is 0 Å². The lowest BCUT2D eigenvalue weighted by Gasteiger charge is -2.24. The van der Waals surface area contributed by atoms with Gasteiger partial charge in [0.2, 0.25) is 0 Å². The zero-order valence-electron chi connectivity index (χ0n) is 8.50. The van der Waals surface area contributed by atoms with Gasteiger partial charge < -0.3 is 15.8 Å². The normalized spacial score (nSPS) is 17.7. The van der Waals surface area contributed by atoms with Crippen molar-refractivity contribution in [3.8, 4) is 0 Å². The summed E-state index contributed by atoms with van der Waals surface area (Å²) in [4.78, 5) is 0. The van der Waals surface area contributed by atoms with Gasteiger partial charge in [-0.15, -0.1) is 0 Å². The smallest absolute Gasteiger partial charge is 0.0576 e. The van der Waals surface area contributed by atoms with Crippen LogP contribution >= 0.6 is 22.6 Å². The van der Waals surface area contributed by atoms with E-state index in [0.717, 1.165) is 37.4 Å². The third-order valence-electron chi connectivity index (χ3n) is 2.59. The first-order chi connectivity index (χ1) is 7.25. The summed E-state index contributed by atoms with van der Waals surface area (Å²) in [5.74, 6) is 0. The highest BCUT2D eigenvalue weighted by molar-refractivity contribution is 14.1. The van der Waals surface area contributed by atoms with Gasteiger partial charge in [-0.3, -0.25) is 0 Å². The topological polar surface area (TPSA) is 47.3 Å². The molecule has 0 amide bonds. The molecule has 82 valence electrons. The van der Waals surface area contributed by atoms with Crippen molar-refractivity contribution in [3.63, 3.8) is 0 Å². The van der Waals surface area contributed by atoms with E-state index in [0.29, 0.717) is 6.04 Å². The predicted molar refractivity (Wildman–Crippen MR) is 71.0 cm³/mol. The number of nitrogens with two attached hydrogens (primary N) is 1. The Bertz CT molecular complexity index is 337. The molecule has 0 radical (unpaired) electrons. The Morgan fingerprint density at radius 3 is 2.73 bits per heavy atom. The second-order valence-electron chi connectivity index (χ2n) is 3.76. The van der Waals surface area contributed by atoms with E-state index in [1.54, 1.807) is 0 Å². The quantitative estimate of drug-likeness (QED) is 0.650. The van der Waals surface area contributed by atoms with Crippen LogP contribution in [0.25, 0.3) is 0 Å². The maximum Gasteiger partial charge on any atom is 0.0576 e. The fourth-order valence-corrected chi connectivity index (χ4v) is 2.24. The summed E-state index contributed by atoms with van der Waals surface area (Å²) >= 11 is 2.27. The summed E-state index contributed by atoms with van der Waals surface area (Å²) < 4.78 is 6.48. The molecular formula is C11H15IN2O. The zero-order chi connectivity index (χ0) is 10.7. The van der Waals surface area contributed by atoms with Crippen molar-refractivity contribution in [2.45, 2.75) is 18.9 Å². The van der Waals surface area contributed by atoms with Crippen molar-refractivity contribution in [2.75, 3.05) is 24.3 Å². The molecule has 1 aromatic carbocycles. The maximum absolute atomic E-state index is 5.94. The standard InChI is InChI=1S/C11H15IN2O/c12-8-1-2-11(10(13)7-8)14-9-3-5-15-6-4-9/h1-2,7,9,14H,3-6,13H2. The molecular weight excluding hydrogens is 303 g/mol. The van der Waals surface area contributed by atoms with Crippen LogP contribution in [0.5, 0.6) is 0 Å². The Hall–Kier alpha value is -0.490. The van der Waals surface area contributed by atoms with E-state index in [1.165, 1.54) is 3.57 Å². The van der Waals surface area contributed by atoms with E-state index in [9.17, 15) is 0 Å². The van der Waals surface area contributed by atoms with Crippen LogP contribution in [0.3, 0.4) is 0 Å². The molecule has 0 bridgehead atoms. The molecule has 1 aromatic rings. The lowest BCUT2D eigenvalue weighted by molar-refractivity contribution is 0.0904. The minimum Gasteiger partial charge on any atom is -0.397 e. The third kappa shape index (κ3) is 2.98. The number of ether oxygens (including phenoxy) is 1. The molecule has 1 saturated heterocycles. The van der Waals surface area contributed by atoms with Crippen LogP contribution in [-0.2, 0) is 4.74 Å². The number of benzene rings is 1. The summed E-state index contributed by atoms with van der Waals surface area (Å²) in [6.07, 6.45) is 2.12. The predicted octanol–water partition coefficient (Wildman–Crippen LogP) is 2.46. The summed E-state index contributed by atoms with van der Waals surface area (Å²) in [7, 11) is 0. The van der Waals surface area contributed by atoms with Gasteiger partial charge in [0.05, 0.1) is 11.4 Å². The van der Waals surface area contributed by atoms with Crippen molar-refractivity contribution >= 4 is 34.0 Å². The van der Waals surface area contributed by atoms with Gasteiger partial charge in [-0.25, -0.2) is 0 Å². The number of halogens is 1. The van der Waals surface area contributed by atoms with Crippen molar-refractivity contribution in [2.24, 2.45) is 0 Å². The van der Waals surface area contributed by atoms with Crippen LogP contribution in [-0.4, -0.2) is 19.3 Å². The third-order valence-corrected chi connectivity index (χ3v) is 3.27. The Morgan fingerprint density at radius 1 is 1.33 bits per heavy atom. The van der Waals surface area contributed by atoms with Crippen molar-refractivity contribution in [1.82, 2.24) is 0 Å². The molecule has 1 fully saturated rings. The van der Waals surface area contributed by atoms with Gasteiger partial charge >= 0.3 is 0 Å². The van der Waals surface area contributed by atoms with Crippen molar-refractivity contribution in [1.29, 1.82) is 0 Å². The average Bonchev–Trinajstić information content (AvgIpc) is 2.24. The average molecular weight is 318 g/mol. The van der Waals surface area contributed by atoms with E-state index in [1.807, 2.05) is 12.1 Å². The van der Waals surface area contributed by atoms with Gasteiger partial charge in [0, 0.05) is 22.8 Å². The van der Waals surface area contributed by atoms with Crippen LogP contribution < -0.4 is 11.1 Å². The van der Waals surface area contributed by atoms with E-state index >= 15 is 0 Å². The summed E-state index contributed by atoms with van der Waals surface area (Å²) in [5.41, 5.74) is 7.81. The number of nitrogens with one attached hydrogen (secondary N) is 1. The second-order valence-corrected chi connectivity index (χ2v) is 5.01. The molecule has 0 spiro atoms. The summed E-state index contributed by atoms with van der Waals surface area (Å²) in [6.45, 7) is 1.70. The molecule has 15 heavy (non-hydrogen) atoms. The molecule has 0 unspecified atom stereocenters. The number of anilines is 2. The van der Waals surface area contributed by atoms with E-state index in [4.69, 9.17) is 10.5 Å². The highest BCUT2D eigenvalue weighted by Gasteiger charge is 2.14. The lowest BCUT2D eigenvalue weighted by Crippen LogP contribution is -2.28. The lowest BCUT2D eigenvalue weighted by atomic mass is 10.1. The molecule has 1 heterocycles. The Morgan fingerprint density at radius 2 is 2.07 bits per heavy atom. The Labute approximate surface area is 104 Å². The highest BCUT2D eigenvalue weighted by atomic mass is 127. The SMILES string of the molecule is Nc1cc(I)ccc1NC1CCOCC1. The van der Waals surface area contributed by atoms with E-state index in [-0.39, 0.29) is 0 Å². The largest absolute Gasteiger partial charge is 0.397 e. The second kappa shape index (κ2) is 5.03. The van der Waals surface area contributed by atoms with Crippen LogP contribution in [0.1, 0.15) is 12.8 Å². The first kappa shape index (κ1) is 11.0. The molecule has 2 rings (SSSR count). The fraction of sp³-hybridized carbons (Fsp3) is 0.455. The van der Waals surface area contributed by atoms with Gasteiger partial charge in [-0.2, -0.15) is 0 Å². The van der Waals surface area contributed by atoms with E-state index < -0.39 is 0 Å². The maximum atomic E-state index is 5.94. The zero-order valence-corrected chi connectivity index (χ0v) is 10.7. The minimum atomic E-state index is 0.501. The molecule has 0 atom stereocenters. The van der Waals surface area contributed by atoms with Gasteiger partial charge in [-0.1, -0.05) is 0 Å². The molecule has 4 heteroatoms. The Kier molecular flexibility index (Phi) is 3.69. The Balaban J connectivity index is 2.03. The van der Waals surface area contributed by atoms with Crippen LogP contribution in [0, 0.1) is 3.57 Å². The van der Waals surface area contributed by atoms with Gasteiger partial charge in [0.15, 0.2) is 0 Å². The first-order valence-electron chi connectivity index (χ1n) is 5.15. The summed E-state index contributed by atoms with van der Waals surface area (Å²) in [5, 5.41) is 3.47. The summed E-state index contributed by atoms with van der Waals surface area (Å²) in [6, 6.07) is 6.61. The van der Waals surface area contributed by atoms with Crippen LogP contribution in [0.15, 0.2) is 18.2 Å². The molecule has 3 nitrogen and oxygen atoms in total. The number of hydrogen-bond donors (Lipinski definition) is 2. The molecule has 0 aliphatic carbocycles. The van der Waals surface area contributed by atoms with Crippen LogP contribution in [0.2, 0.25) is 0 Å². The molecule has 1 aliphatic rings.